The standard InChI is InChI=1S/4C4H3O.Sn/c4*1-2-4-5-3-1;/h4*1-3H;. The van der Waals surface area contributed by atoms with E-state index in [1.54, 1.807) is 25.1 Å². The molecule has 0 bridgehead atoms. The molecule has 0 N–H and O–H groups in total. The topological polar surface area (TPSA) is 52.6 Å². The van der Waals surface area contributed by atoms with Crippen molar-refractivity contribution in [1.82, 2.24) is 0 Å². The van der Waals surface area contributed by atoms with Crippen LogP contribution in [0.1, 0.15) is 0 Å². The van der Waals surface area contributed by atoms with Crippen LogP contribution in [-0.4, -0.2) is 18.4 Å². The second-order valence-electron chi connectivity index (χ2n) is 4.66. The Bertz CT molecular complexity index is 638. The van der Waals surface area contributed by atoms with Crippen LogP contribution in [0.2, 0.25) is 0 Å². The van der Waals surface area contributed by atoms with Gasteiger partial charge in [0.1, 0.15) is 0 Å². The maximum absolute atomic E-state index is 5.78. The molecule has 0 atom stereocenters. The first-order valence-electron chi connectivity index (χ1n) is 6.58. The van der Waals surface area contributed by atoms with E-state index >= 15 is 0 Å². The van der Waals surface area contributed by atoms with Gasteiger partial charge in [-0.3, -0.25) is 0 Å². The number of hydrogen-bond donors (Lipinski definition) is 0. The van der Waals surface area contributed by atoms with Gasteiger partial charge in [0.2, 0.25) is 0 Å². The number of rotatable bonds is 4. The Hall–Kier alpha value is -2.08. The molecule has 0 aromatic carbocycles. The fourth-order valence-electron chi connectivity index (χ4n) is 2.70. The van der Waals surface area contributed by atoms with Crippen LogP contribution >= 0.6 is 0 Å². The molecule has 5 heteroatoms. The van der Waals surface area contributed by atoms with Gasteiger partial charge in [0.05, 0.1) is 0 Å². The maximum atomic E-state index is 5.78. The van der Waals surface area contributed by atoms with E-state index < -0.39 is 18.4 Å². The number of furan rings is 4. The molecule has 4 aromatic rings. The van der Waals surface area contributed by atoms with Crippen LogP contribution in [0, 0.1) is 0 Å². The molecule has 0 radical (unpaired) electrons. The van der Waals surface area contributed by atoms with Gasteiger partial charge in [0.15, 0.2) is 0 Å². The van der Waals surface area contributed by atoms with Gasteiger partial charge in [-0.2, -0.15) is 0 Å². The minimum atomic E-state index is -3.72. The van der Waals surface area contributed by atoms with Crippen molar-refractivity contribution >= 4 is 33.5 Å². The van der Waals surface area contributed by atoms with Crippen molar-refractivity contribution in [3.63, 3.8) is 0 Å². The molecule has 4 nitrogen and oxygen atoms in total. The molecule has 4 rings (SSSR count). The van der Waals surface area contributed by atoms with E-state index in [1.807, 2.05) is 48.5 Å². The zero-order valence-electron chi connectivity index (χ0n) is 11.1. The Morgan fingerprint density at radius 1 is 0.476 bits per heavy atom. The van der Waals surface area contributed by atoms with Gasteiger partial charge >= 0.3 is 125 Å². The molecule has 0 fully saturated rings. The second-order valence-corrected chi connectivity index (χ2v) is 14.6. The summed E-state index contributed by atoms with van der Waals surface area (Å²) in [6.45, 7) is 0. The van der Waals surface area contributed by atoms with Crippen LogP contribution in [0.15, 0.2) is 91.3 Å². The average molecular weight is 387 g/mol. The average Bonchev–Trinajstić information content (AvgIpc) is 3.32. The Labute approximate surface area is 124 Å². The van der Waals surface area contributed by atoms with Crippen LogP contribution < -0.4 is 15.1 Å². The van der Waals surface area contributed by atoms with Gasteiger partial charge in [-0.05, 0) is 0 Å². The summed E-state index contributed by atoms with van der Waals surface area (Å²) in [5, 5.41) is 0. The molecule has 0 amide bonds. The monoisotopic (exact) mass is 388 g/mol. The quantitative estimate of drug-likeness (QED) is 0.498. The predicted molar refractivity (Wildman–Crippen MR) is 79.1 cm³/mol. The van der Waals surface area contributed by atoms with E-state index in [0.717, 1.165) is 15.1 Å². The van der Waals surface area contributed by atoms with Gasteiger partial charge < -0.3 is 0 Å². The summed E-state index contributed by atoms with van der Waals surface area (Å²) in [6, 6.07) is 15.4. The van der Waals surface area contributed by atoms with Crippen molar-refractivity contribution in [2.24, 2.45) is 0 Å². The molecule has 0 unspecified atom stereocenters. The first kappa shape index (κ1) is 12.6. The molecule has 4 aromatic heterocycles. The van der Waals surface area contributed by atoms with Crippen LogP contribution in [0.25, 0.3) is 0 Å². The molecule has 104 valence electrons. The SMILES string of the molecule is c1co[c]([Sn]([c]2ccco2)([c]2ccco2)[c]2ccco2)c1. The van der Waals surface area contributed by atoms with E-state index in [1.165, 1.54) is 0 Å². The fourth-order valence-corrected chi connectivity index (χ4v) is 13.6. The first-order chi connectivity index (χ1) is 10.4. The normalized spacial score (nSPS) is 11.8. The number of hydrogen-bond acceptors (Lipinski definition) is 4. The molecule has 0 spiro atoms. The Balaban J connectivity index is 2.10. The van der Waals surface area contributed by atoms with E-state index in [4.69, 9.17) is 17.7 Å². The van der Waals surface area contributed by atoms with Crippen LogP contribution in [0.4, 0.5) is 0 Å². The molecule has 0 aliphatic carbocycles. The van der Waals surface area contributed by atoms with E-state index in [2.05, 4.69) is 0 Å². The summed E-state index contributed by atoms with van der Waals surface area (Å²) >= 11 is -3.72. The molecule has 0 aliphatic heterocycles. The van der Waals surface area contributed by atoms with Crippen molar-refractivity contribution in [1.29, 1.82) is 0 Å². The van der Waals surface area contributed by atoms with Gasteiger partial charge in [0.25, 0.3) is 0 Å². The molecular weight excluding hydrogens is 375 g/mol. The van der Waals surface area contributed by atoms with Gasteiger partial charge in [0, 0.05) is 0 Å². The van der Waals surface area contributed by atoms with Crippen molar-refractivity contribution in [3.8, 4) is 0 Å². The van der Waals surface area contributed by atoms with Gasteiger partial charge in [-0.25, -0.2) is 0 Å². The third-order valence-corrected chi connectivity index (χ3v) is 15.3. The Kier molecular flexibility index (Phi) is 3.03. The fraction of sp³-hybridized carbons (Fsp3) is 0. The second kappa shape index (κ2) is 5.03. The summed E-state index contributed by atoms with van der Waals surface area (Å²) in [5.41, 5.74) is 0. The van der Waals surface area contributed by atoms with E-state index in [9.17, 15) is 0 Å². The molecule has 21 heavy (non-hydrogen) atoms. The Morgan fingerprint density at radius 2 is 0.762 bits per heavy atom. The zero-order chi connectivity index (χ0) is 14.1. The zero-order valence-corrected chi connectivity index (χ0v) is 13.9. The van der Waals surface area contributed by atoms with E-state index in [-0.39, 0.29) is 0 Å². The van der Waals surface area contributed by atoms with Crippen LogP contribution in [0.3, 0.4) is 0 Å². The third kappa shape index (κ3) is 1.82. The third-order valence-electron chi connectivity index (χ3n) is 3.56. The molecule has 0 aliphatic rings. The van der Waals surface area contributed by atoms with Crippen LogP contribution in [0.5, 0.6) is 0 Å². The molecular formula is C16H12O4Sn. The first-order valence-corrected chi connectivity index (χ1v) is 12.3. The Morgan fingerprint density at radius 3 is 0.952 bits per heavy atom. The summed E-state index contributed by atoms with van der Waals surface area (Å²) < 4.78 is 26.7. The van der Waals surface area contributed by atoms with Crippen molar-refractivity contribution in [3.05, 3.63) is 73.6 Å². The van der Waals surface area contributed by atoms with Crippen molar-refractivity contribution in [2.45, 2.75) is 0 Å². The molecule has 0 saturated heterocycles. The minimum absolute atomic E-state index is 0.879. The predicted octanol–water partition coefficient (Wildman–Crippen LogP) is 1.44. The molecule has 4 heterocycles. The van der Waals surface area contributed by atoms with Gasteiger partial charge in [-0.1, -0.05) is 0 Å². The van der Waals surface area contributed by atoms with Crippen LogP contribution in [-0.2, 0) is 0 Å². The summed E-state index contributed by atoms with van der Waals surface area (Å²) in [6.07, 6.45) is 6.71. The summed E-state index contributed by atoms with van der Waals surface area (Å²) in [4.78, 5) is 0. The van der Waals surface area contributed by atoms with Crippen molar-refractivity contribution in [2.75, 3.05) is 0 Å². The van der Waals surface area contributed by atoms with E-state index in [0.29, 0.717) is 0 Å². The van der Waals surface area contributed by atoms with Gasteiger partial charge in [-0.15, -0.1) is 0 Å². The summed E-state index contributed by atoms with van der Waals surface area (Å²) in [5.74, 6) is 0. The van der Waals surface area contributed by atoms with Crippen molar-refractivity contribution < 1.29 is 17.7 Å². The molecule has 0 saturated carbocycles. The summed E-state index contributed by atoms with van der Waals surface area (Å²) in [7, 11) is 0.